The van der Waals surface area contributed by atoms with Gasteiger partial charge in [0, 0.05) is 23.2 Å². The van der Waals surface area contributed by atoms with Crippen molar-refractivity contribution in [3.05, 3.63) is 69.1 Å². The second kappa shape index (κ2) is 5.76. The average molecular weight is 308 g/mol. The quantitative estimate of drug-likeness (QED) is 0.440. The van der Waals surface area contributed by atoms with Gasteiger partial charge in [0.1, 0.15) is 5.84 Å². The average Bonchev–Trinajstić information content (AvgIpc) is 2.87. The highest BCUT2D eigenvalue weighted by atomic mass is 16.1. The van der Waals surface area contributed by atoms with Crippen LogP contribution in [-0.2, 0) is 6.42 Å². The number of amidine groups is 1. The van der Waals surface area contributed by atoms with Gasteiger partial charge in [0.15, 0.2) is 0 Å². The summed E-state index contributed by atoms with van der Waals surface area (Å²) in [6.45, 7) is 4.12. The summed E-state index contributed by atoms with van der Waals surface area (Å²) in [6.07, 6.45) is 0.576. The van der Waals surface area contributed by atoms with Gasteiger partial charge in [-0.25, -0.2) is 0 Å². The normalized spacial score (nSPS) is 11.3. The number of fused-ring (bicyclic) bond motifs is 1. The molecule has 0 aliphatic rings. The predicted octanol–water partition coefficient (Wildman–Crippen LogP) is 2.85. The Hall–Kier alpha value is -2.82. The zero-order chi connectivity index (χ0) is 16.6. The summed E-state index contributed by atoms with van der Waals surface area (Å²) in [7, 11) is 0. The second-order valence-corrected chi connectivity index (χ2v) is 6.11. The molecule has 1 heterocycles. The lowest BCUT2D eigenvalue weighted by Gasteiger charge is -2.08. The number of benzene rings is 2. The number of nitrogens with two attached hydrogens (primary N) is 1. The molecule has 118 valence electrons. The Bertz CT molecular complexity index is 934. The molecule has 3 rings (SSSR count). The fourth-order valence-corrected chi connectivity index (χ4v) is 2.84. The summed E-state index contributed by atoms with van der Waals surface area (Å²) in [5, 5.41) is 15.3. The second-order valence-electron chi connectivity index (χ2n) is 6.11. The van der Waals surface area contributed by atoms with Crippen molar-refractivity contribution >= 4 is 16.6 Å². The number of hydrogen-bond acceptors (Lipinski definition) is 2. The third-order valence-electron chi connectivity index (χ3n) is 4.08. The van der Waals surface area contributed by atoms with Crippen molar-refractivity contribution in [2.45, 2.75) is 26.2 Å². The van der Waals surface area contributed by atoms with Crippen LogP contribution in [0.1, 0.15) is 42.1 Å². The van der Waals surface area contributed by atoms with Gasteiger partial charge in [-0.3, -0.25) is 15.3 Å². The number of hydrogen-bond donors (Lipinski definition) is 4. The van der Waals surface area contributed by atoms with Crippen LogP contribution in [0, 0.1) is 5.41 Å². The van der Waals surface area contributed by atoms with E-state index in [9.17, 15) is 4.79 Å². The molecule has 5 N–H and O–H groups in total. The molecule has 2 aromatic carbocycles. The van der Waals surface area contributed by atoms with Gasteiger partial charge in [-0.05, 0) is 28.3 Å². The Morgan fingerprint density at radius 2 is 1.87 bits per heavy atom. The molecule has 0 bridgehead atoms. The smallest absolute Gasteiger partial charge is 0.267 e. The number of rotatable bonds is 4. The molecule has 0 aliphatic heterocycles. The van der Waals surface area contributed by atoms with Crippen LogP contribution < -0.4 is 11.3 Å². The third kappa shape index (κ3) is 2.90. The summed E-state index contributed by atoms with van der Waals surface area (Å²) in [5.41, 5.74) is 8.99. The minimum atomic E-state index is -0.0636. The number of aromatic amines is 2. The standard InChI is InChI=1S/C18H20N4O/c1-10(2)16-15(18(23)22-21-16)8-11-3-4-12-5-6-13(17(19)20)9-14(12)7-11/h3-7,9-10H,8H2,1-2H3,(H3,19,20)(H2,21,22,23). The fourth-order valence-electron chi connectivity index (χ4n) is 2.84. The molecule has 5 heteroatoms. The molecule has 0 spiro atoms. The first-order chi connectivity index (χ1) is 11.0. The van der Waals surface area contributed by atoms with Crippen molar-refractivity contribution in [1.82, 2.24) is 10.2 Å². The lowest BCUT2D eigenvalue weighted by Crippen LogP contribution is -2.10. The largest absolute Gasteiger partial charge is 0.384 e. The van der Waals surface area contributed by atoms with E-state index in [1.807, 2.05) is 30.3 Å². The van der Waals surface area contributed by atoms with Gasteiger partial charge < -0.3 is 10.8 Å². The van der Waals surface area contributed by atoms with Gasteiger partial charge in [-0.1, -0.05) is 44.2 Å². The fraction of sp³-hybridized carbons (Fsp3) is 0.222. The van der Waals surface area contributed by atoms with Crippen LogP contribution in [0.3, 0.4) is 0 Å². The summed E-state index contributed by atoms with van der Waals surface area (Å²) < 4.78 is 0. The van der Waals surface area contributed by atoms with E-state index in [0.29, 0.717) is 12.0 Å². The first-order valence-electron chi connectivity index (χ1n) is 7.62. The molecule has 0 aliphatic carbocycles. The van der Waals surface area contributed by atoms with E-state index in [-0.39, 0.29) is 17.3 Å². The maximum atomic E-state index is 12.0. The zero-order valence-corrected chi connectivity index (χ0v) is 13.2. The van der Waals surface area contributed by atoms with E-state index < -0.39 is 0 Å². The number of nitrogens with one attached hydrogen (secondary N) is 3. The van der Waals surface area contributed by atoms with Gasteiger partial charge in [-0.2, -0.15) is 0 Å². The van der Waals surface area contributed by atoms with Crippen LogP contribution in [-0.4, -0.2) is 16.0 Å². The third-order valence-corrected chi connectivity index (χ3v) is 4.08. The van der Waals surface area contributed by atoms with Gasteiger partial charge in [0.25, 0.3) is 5.56 Å². The van der Waals surface area contributed by atoms with E-state index in [4.69, 9.17) is 11.1 Å². The van der Waals surface area contributed by atoms with Crippen LogP contribution in [0.4, 0.5) is 0 Å². The molecule has 5 nitrogen and oxygen atoms in total. The lowest BCUT2D eigenvalue weighted by molar-refractivity contribution is 0.799. The Balaban J connectivity index is 2.02. The zero-order valence-electron chi connectivity index (χ0n) is 13.2. The number of aromatic nitrogens is 2. The summed E-state index contributed by atoms with van der Waals surface area (Å²) in [4.78, 5) is 12.0. The molecule has 3 aromatic rings. The first kappa shape index (κ1) is 15.1. The van der Waals surface area contributed by atoms with Crippen molar-refractivity contribution in [2.75, 3.05) is 0 Å². The van der Waals surface area contributed by atoms with Crippen LogP contribution in [0.2, 0.25) is 0 Å². The monoisotopic (exact) mass is 308 g/mol. The van der Waals surface area contributed by atoms with Crippen LogP contribution in [0.5, 0.6) is 0 Å². The number of nitrogen functional groups attached to an aromatic ring is 1. The highest BCUT2D eigenvalue weighted by molar-refractivity contribution is 5.99. The van der Waals surface area contributed by atoms with Crippen molar-refractivity contribution in [3.8, 4) is 0 Å². The van der Waals surface area contributed by atoms with Crippen molar-refractivity contribution in [1.29, 1.82) is 5.41 Å². The molecule has 0 saturated heterocycles. The maximum absolute atomic E-state index is 12.0. The molecule has 23 heavy (non-hydrogen) atoms. The Morgan fingerprint density at radius 1 is 1.13 bits per heavy atom. The van der Waals surface area contributed by atoms with Gasteiger partial charge in [0.05, 0.1) is 0 Å². The molecule has 0 unspecified atom stereocenters. The SMILES string of the molecule is CC(C)c1[nH][nH]c(=O)c1Cc1ccc2ccc(C(=N)N)cc2c1. The van der Waals surface area contributed by atoms with Crippen LogP contribution in [0.25, 0.3) is 10.8 Å². The molecule has 0 amide bonds. The summed E-state index contributed by atoms with van der Waals surface area (Å²) >= 11 is 0. The molecule has 0 fully saturated rings. The van der Waals surface area contributed by atoms with Gasteiger partial charge in [0.2, 0.25) is 0 Å². The number of H-pyrrole nitrogens is 2. The van der Waals surface area contributed by atoms with E-state index in [1.54, 1.807) is 0 Å². The first-order valence-corrected chi connectivity index (χ1v) is 7.62. The predicted molar refractivity (Wildman–Crippen MR) is 93.3 cm³/mol. The summed E-state index contributed by atoms with van der Waals surface area (Å²) in [6, 6.07) is 11.8. The molecular weight excluding hydrogens is 288 g/mol. The Morgan fingerprint density at radius 3 is 2.57 bits per heavy atom. The highest BCUT2D eigenvalue weighted by Crippen LogP contribution is 2.21. The van der Waals surface area contributed by atoms with E-state index in [0.717, 1.165) is 27.6 Å². The molecule has 1 aromatic heterocycles. The maximum Gasteiger partial charge on any atom is 0.267 e. The highest BCUT2D eigenvalue weighted by Gasteiger charge is 2.13. The molecule has 0 saturated carbocycles. The summed E-state index contributed by atoms with van der Waals surface area (Å²) in [5.74, 6) is 0.315. The van der Waals surface area contributed by atoms with Crippen molar-refractivity contribution in [2.24, 2.45) is 5.73 Å². The molecular formula is C18H20N4O. The minimum absolute atomic E-state index is 0.0569. The van der Waals surface area contributed by atoms with Gasteiger partial charge in [-0.15, -0.1) is 0 Å². The lowest BCUT2D eigenvalue weighted by atomic mass is 9.97. The van der Waals surface area contributed by atoms with Crippen LogP contribution >= 0.6 is 0 Å². The molecule has 0 atom stereocenters. The Kier molecular flexibility index (Phi) is 3.78. The van der Waals surface area contributed by atoms with Crippen LogP contribution in [0.15, 0.2) is 41.2 Å². The van der Waals surface area contributed by atoms with E-state index in [1.165, 1.54) is 0 Å². The van der Waals surface area contributed by atoms with E-state index in [2.05, 4.69) is 30.1 Å². The Labute approximate surface area is 134 Å². The topological polar surface area (TPSA) is 98.5 Å². The minimum Gasteiger partial charge on any atom is -0.384 e. The van der Waals surface area contributed by atoms with E-state index >= 15 is 0 Å². The molecule has 0 radical (unpaired) electrons. The van der Waals surface area contributed by atoms with Crippen molar-refractivity contribution < 1.29 is 0 Å². The van der Waals surface area contributed by atoms with Gasteiger partial charge >= 0.3 is 0 Å². The van der Waals surface area contributed by atoms with Crippen molar-refractivity contribution in [3.63, 3.8) is 0 Å².